The van der Waals surface area contributed by atoms with Crippen molar-refractivity contribution in [3.63, 3.8) is 0 Å². The minimum atomic E-state index is -3.82. The summed E-state index contributed by atoms with van der Waals surface area (Å²) in [7, 11) is -3.82. The van der Waals surface area contributed by atoms with E-state index in [9.17, 15) is 8.42 Å². The molecule has 2 rings (SSSR count). The fraction of sp³-hybridized carbons (Fsp3) is 0.235. The summed E-state index contributed by atoms with van der Waals surface area (Å²) < 4.78 is 33.1. The smallest absolute Gasteiger partial charge is 0.263 e. The van der Waals surface area contributed by atoms with Crippen LogP contribution in [-0.2, 0) is 10.0 Å². The van der Waals surface area contributed by atoms with Crippen LogP contribution in [0.25, 0.3) is 0 Å². The van der Waals surface area contributed by atoms with Gasteiger partial charge in [0, 0.05) is 5.69 Å². The Bertz CT molecular complexity index is 852. The zero-order chi connectivity index (χ0) is 17.0. The average Bonchev–Trinajstić information content (AvgIpc) is 2.49. The number of hydrogen-bond donors (Lipinski definition) is 1. The van der Waals surface area contributed by atoms with E-state index < -0.39 is 10.0 Å². The molecule has 0 aliphatic rings. The van der Waals surface area contributed by atoms with Gasteiger partial charge in [-0.2, -0.15) is 5.26 Å². The molecule has 6 heteroatoms. The Morgan fingerprint density at radius 3 is 2.48 bits per heavy atom. The molecule has 0 radical (unpaired) electrons. The summed E-state index contributed by atoms with van der Waals surface area (Å²) in [4.78, 5) is -0.0392. The summed E-state index contributed by atoms with van der Waals surface area (Å²) in [5.74, 6) is 0.709. The molecule has 0 unspecified atom stereocenters. The van der Waals surface area contributed by atoms with Gasteiger partial charge in [-0.15, -0.1) is 0 Å². The third-order valence-corrected chi connectivity index (χ3v) is 4.53. The molecule has 23 heavy (non-hydrogen) atoms. The SMILES string of the molecule is Cc1cc(NS(=O)(=O)c2ccccc2C#N)ccc1OC(C)C. The van der Waals surface area contributed by atoms with E-state index >= 15 is 0 Å². The summed E-state index contributed by atoms with van der Waals surface area (Å²) in [6.45, 7) is 5.70. The number of nitrogens with one attached hydrogen (secondary N) is 1. The molecule has 0 bridgehead atoms. The van der Waals surface area contributed by atoms with Gasteiger partial charge in [0.25, 0.3) is 10.0 Å². The maximum atomic E-state index is 12.5. The number of anilines is 1. The van der Waals surface area contributed by atoms with Gasteiger partial charge in [-0.3, -0.25) is 4.72 Å². The van der Waals surface area contributed by atoms with Crippen molar-refractivity contribution in [2.45, 2.75) is 31.8 Å². The molecule has 0 aromatic heterocycles. The first-order valence-corrected chi connectivity index (χ1v) is 8.61. The Labute approximate surface area is 136 Å². The van der Waals surface area contributed by atoms with E-state index in [0.717, 1.165) is 5.56 Å². The maximum Gasteiger partial charge on any atom is 0.263 e. The first-order valence-electron chi connectivity index (χ1n) is 7.13. The fourth-order valence-electron chi connectivity index (χ4n) is 2.10. The van der Waals surface area contributed by atoms with Gasteiger partial charge in [0.2, 0.25) is 0 Å². The minimum absolute atomic E-state index is 0.0392. The lowest BCUT2D eigenvalue weighted by Crippen LogP contribution is -2.14. The highest BCUT2D eigenvalue weighted by Gasteiger charge is 2.18. The van der Waals surface area contributed by atoms with Crippen LogP contribution in [0.1, 0.15) is 25.0 Å². The molecule has 0 atom stereocenters. The predicted molar refractivity (Wildman–Crippen MR) is 88.9 cm³/mol. The number of hydrogen-bond acceptors (Lipinski definition) is 4. The fourth-order valence-corrected chi connectivity index (χ4v) is 3.31. The van der Waals surface area contributed by atoms with E-state index in [1.165, 1.54) is 12.1 Å². The van der Waals surface area contributed by atoms with E-state index in [0.29, 0.717) is 11.4 Å². The van der Waals surface area contributed by atoms with Crippen LogP contribution in [-0.4, -0.2) is 14.5 Å². The summed E-state index contributed by atoms with van der Waals surface area (Å²) in [5, 5.41) is 9.05. The summed E-state index contributed by atoms with van der Waals surface area (Å²) in [6, 6.07) is 13.0. The predicted octanol–water partition coefficient (Wildman–Crippen LogP) is 3.45. The van der Waals surface area contributed by atoms with Crippen LogP contribution < -0.4 is 9.46 Å². The summed E-state index contributed by atoms with van der Waals surface area (Å²) in [5.41, 5.74) is 1.36. The average molecular weight is 330 g/mol. The lowest BCUT2D eigenvalue weighted by molar-refractivity contribution is 0.241. The second-order valence-electron chi connectivity index (χ2n) is 5.36. The van der Waals surface area contributed by atoms with Crippen molar-refractivity contribution in [1.29, 1.82) is 5.26 Å². The second-order valence-corrected chi connectivity index (χ2v) is 7.01. The molecule has 0 spiro atoms. The Morgan fingerprint density at radius 1 is 1.17 bits per heavy atom. The summed E-state index contributed by atoms with van der Waals surface area (Å²) in [6.07, 6.45) is 0.0405. The van der Waals surface area contributed by atoms with Gasteiger partial charge in [0.05, 0.1) is 11.7 Å². The molecule has 0 saturated heterocycles. The highest BCUT2D eigenvalue weighted by molar-refractivity contribution is 7.92. The molecule has 2 aromatic carbocycles. The van der Waals surface area contributed by atoms with Gasteiger partial charge in [-0.1, -0.05) is 12.1 Å². The molecule has 5 nitrogen and oxygen atoms in total. The van der Waals surface area contributed by atoms with Crippen molar-refractivity contribution in [1.82, 2.24) is 0 Å². The Morgan fingerprint density at radius 2 is 1.87 bits per heavy atom. The number of sulfonamides is 1. The number of benzene rings is 2. The van der Waals surface area contributed by atoms with Gasteiger partial charge in [-0.25, -0.2) is 8.42 Å². The Hall–Kier alpha value is -2.52. The first-order chi connectivity index (χ1) is 10.8. The molecule has 0 saturated carbocycles. The molecule has 0 aliphatic heterocycles. The van der Waals surface area contributed by atoms with Crippen LogP contribution in [0.4, 0.5) is 5.69 Å². The van der Waals surface area contributed by atoms with Crippen LogP contribution in [0.15, 0.2) is 47.4 Å². The van der Waals surface area contributed by atoms with E-state index in [-0.39, 0.29) is 16.6 Å². The molecule has 2 aromatic rings. The van der Waals surface area contributed by atoms with Crippen LogP contribution in [0.5, 0.6) is 5.75 Å². The molecule has 1 N–H and O–H groups in total. The zero-order valence-electron chi connectivity index (χ0n) is 13.2. The highest BCUT2D eigenvalue weighted by Crippen LogP contribution is 2.25. The second kappa shape index (κ2) is 6.71. The van der Waals surface area contributed by atoms with Crippen molar-refractivity contribution in [2.24, 2.45) is 0 Å². The number of nitrogens with zero attached hydrogens (tertiary/aromatic N) is 1. The van der Waals surface area contributed by atoms with Crippen molar-refractivity contribution in [3.8, 4) is 11.8 Å². The molecule has 0 fully saturated rings. The zero-order valence-corrected chi connectivity index (χ0v) is 14.0. The normalized spacial score (nSPS) is 11.1. The highest BCUT2D eigenvalue weighted by atomic mass is 32.2. The van der Waals surface area contributed by atoms with Crippen LogP contribution in [0.3, 0.4) is 0 Å². The lowest BCUT2D eigenvalue weighted by Gasteiger charge is -2.14. The maximum absolute atomic E-state index is 12.5. The number of ether oxygens (including phenoxy) is 1. The Kier molecular flexibility index (Phi) is 4.92. The third kappa shape index (κ3) is 4.02. The van der Waals surface area contributed by atoms with Gasteiger partial charge < -0.3 is 4.74 Å². The van der Waals surface area contributed by atoms with Crippen molar-refractivity contribution >= 4 is 15.7 Å². The molecule has 0 heterocycles. The van der Waals surface area contributed by atoms with Gasteiger partial charge in [-0.05, 0) is 56.7 Å². The van der Waals surface area contributed by atoms with Crippen molar-refractivity contribution in [2.75, 3.05) is 4.72 Å². The van der Waals surface area contributed by atoms with E-state index in [1.54, 1.807) is 30.3 Å². The van der Waals surface area contributed by atoms with Gasteiger partial charge in [0.1, 0.15) is 16.7 Å². The number of aryl methyl sites for hydroxylation is 1. The largest absolute Gasteiger partial charge is 0.491 e. The van der Waals surface area contributed by atoms with Gasteiger partial charge >= 0.3 is 0 Å². The van der Waals surface area contributed by atoms with E-state index in [4.69, 9.17) is 10.00 Å². The standard InChI is InChI=1S/C17H18N2O3S/c1-12(2)22-16-9-8-15(10-13(16)3)19-23(20,21)17-7-5-4-6-14(17)11-18/h4-10,12,19H,1-3H3. The molecule has 0 amide bonds. The van der Waals surface area contributed by atoms with E-state index in [2.05, 4.69) is 4.72 Å². The van der Waals surface area contributed by atoms with Crippen LogP contribution in [0, 0.1) is 18.3 Å². The molecular formula is C17H18N2O3S. The molecule has 120 valence electrons. The monoisotopic (exact) mass is 330 g/mol. The molecular weight excluding hydrogens is 312 g/mol. The minimum Gasteiger partial charge on any atom is -0.491 e. The van der Waals surface area contributed by atoms with Gasteiger partial charge in [0.15, 0.2) is 0 Å². The lowest BCUT2D eigenvalue weighted by atomic mass is 10.2. The molecule has 0 aliphatic carbocycles. The van der Waals surface area contributed by atoms with Crippen molar-refractivity contribution < 1.29 is 13.2 Å². The first kappa shape index (κ1) is 16.8. The van der Waals surface area contributed by atoms with Crippen molar-refractivity contribution in [3.05, 3.63) is 53.6 Å². The third-order valence-electron chi connectivity index (χ3n) is 3.09. The topological polar surface area (TPSA) is 79.2 Å². The van der Waals surface area contributed by atoms with Crippen LogP contribution in [0.2, 0.25) is 0 Å². The Balaban J connectivity index is 2.31. The van der Waals surface area contributed by atoms with E-state index in [1.807, 2.05) is 26.8 Å². The number of rotatable bonds is 5. The number of nitriles is 1. The quantitative estimate of drug-likeness (QED) is 0.910. The summed E-state index contributed by atoms with van der Waals surface area (Å²) >= 11 is 0. The van der Waals surface area contributed by atoms with Crippen LogP contribution >= 0.6 is 0 Å².